The van der Waals surface area contributed by atoms with Gasteiger partial charge in [0.05, 0.1) is 17.0 Å². The maximum Gasteiger partial charge on any atom is 0.244 e. The summed E-state index contributed by atoms with van der Waals surface area (Å²) in [6.07, 6.45) is 1.02. The number of anilines is 1. The molecule has 180 valence electrons. The fourth-order valence-corrected chi connectivity index (χ4v) is 4.32. The van der Waals surface area contributed by atoms with Crippen molar-refractivity contribution in [1.82, 2.24) is 10.2 Å². The van der Waals surface area contributed by atoms with Gasteiger partial charge in [0.1, 0.15) is 12.6 Å². The van der Waals surface area contributed by atoms with E-state index in [4.69, 9.17) is 11.6 Å². The molecule has 2 amide bonds. The number of benzene rings is 2. The Morgan fingerprint density at radius 2 is 1.64 bits per heavy atom. The molecule has 9 heteroatoms. The number of nitrogens with zero attached hydrogens (tertiary/aromatic N) is 2. The van der Waals surface area contributed by atoms with Gasteiger partial charge in [0.25, 0.3) is 0 Å². The van der Waals surface area contributed by atoms with Crippen LogP contribution in [0, 0.1) is 12.8 Å². The lowest BCUT2D eigenvalue weighted by Gasteiger charge is -2.31. The molecule has 33 heavy (non-hydrogen) atoms. The van der Waals surface area contributed by atoms with Crippen molar-refractivity contribution in [3.8, 4) is 0 Å². The summed E-state index contributed by atoms with van der Waals surface area (Å²) in [5.74, 6) is -0.552. The fraction of sp³-hybridized carbons (Fsp3) is 0.417. The summed E-state index contributed by atoms with van der Waals surface area (Å²) in [7, 11) is -3.81. The minimum absolute atomic E-state index is 0.162. The molecular formula is C24H32ClN3O4S. The molecule has 0 aromatic heterocycles. The normalized spacial score (nSPS) is 12.3. The molecule has 0 aliphatic rings. The van der Waals surface area contributed by atoms with E-state index < -0.39 is 28.5 Å². The maximum atomic E-state index is 13.4. The molecule has 0 fully saturated rings. The van der Waals surface area contributed by atoms with Crippen LogP contribution in [-0.4, -0.2) is 50.5 Å². The van der Waals surface area contributed by atoms with Crippen LogP contribution < -0.4 is 9.62 Å². The van der Waals surface area contributed by atoms with E-state index in [0.717, 1.165) is 21.7 Å². The topological polar surface area (TPSA) is 86.8 Å². The predicted molar refractivity (Wildman–Crippen MR) is 133 cm³/mol. The van der Waals surface area contributed by atoms with Crippen LogP contribution in [0.15, 0.2) is 48.5 Å². The first kappa shape index (κ1) is 26.7. The fourth-order valence-electron chi connectivity index (χ4n) is 3.17. The number of sulfonamides is 1. The van der Waals surface area contributed by atoms with Gasteiger partial charge in [-0.05, 0) is 37.5 Å². The predicted octanol–water partition coefficient (Wildman–Crippen LogP) is 3.60. The van der Waals surface area contributed by atoms with Gasteiger partial charge < -0.3 is 10.2 Å². The highest BCUT2D eigenvalue weighted by Gasteiger charge is 2.30. The first-order valence-electron chi connectivity index (χ1n) is 10.7. The lowest BCUT2D eigenvalue weighted by molar-refractivity contribution is -0.139. The van der Waals surface area contributed by atoms with E-state index in [1.54, 1.807) is 31.2 Å². The van der Waals surface area contributed by atoms with Gasteiger partial charge in [0.15, 0.2) is 0 Å². The Labute approximate surface area is 201 Å². The van der Waals surface area contributed by atoms with Crippen molar-refractivity contribution in [3.05, 3.63) is 64.7 Å². The summed E-state index contributed by atoms with van der Waals surface area (Å²) in [6, 6.07) is 13.3. The molecule has 1 N–H and O–H groups in total. The summed E-state index contributed by atoms with van der Waals surface area (Å²) >= 11 is 6.22. The van der Waals surface area contributed by atoms with Crippen LogP contribution >= 0.6 is 11.6 Å². The van der Waals surface area contributed by atoms with Gasteiger partial charge in [-0.3, -0.25) is 13.9 Å². The van der Waals surface area contributed by atoms with Gasteiger partial charge in [-0.15, -0.1) is 0 Å². The Morgan fingerprint density at radius 3 is 2.18 bits per heavy atom. The smallest absolute Gasteiger partial charge is 0.244 e. The summed E-state index contributed by atoms with van der Waals surface area (Å²) in [4.78, 5) is 27.6. The van der Waals surface area contributed by atoms with E-state index in [1.165, 1.54) is 4.90 Å². The molecule has 2 aromatic carbocycles. The molecule has 0 heterocycles. The van der Waals surface area contributed by atoms with Crippen molar-refractivity contribution in [1.29, 1.82) is 0 Å². The zero-order chi connectivity index (χ0) is 24.8. The Balaban J connectivity index is 2.36. The molecule has 1 atom stereocenters. The quantitative estimate of drug-likeness (QED) is 0.547. The van der Waals surface area contributed by atoms with Crippen LogP contribution in [0.1, 0.15) is 31.9 Å². The number of nitrogens with one attached hydrogen (secondary N) is 1. The molecular weight excluding hydrogens is 462 g/mol. The Morgan fingerprint density at radius 1 is 1.03 bits per heavy atom. The summed E-state index contributed by atoms with van der Waals surface area (Å²) in [6.45, 7) is 7.72. The van der Waals surface area contributed by atoms with Gasteiger partial charge in [0.2, 0.25) is 21.8 Å². The number of aryl methyl sites for hydroxylation is 1. The van der Waals surface area contributed by atoms with E-state index in [-0.39, 0.29) is 29.1 Å². The molecule has 0 aliphatic heterocycles. The van der Waals surface area contributed by atoms with Crippen molar-refractivity contribution >= 4 is 39.1 Å². The van der Waals surface area contributed by atoms with Crippen molar-refractivity contribution in [3.63, 3.8) is 0 Å². The highest BCUT2D eigenvalue weighted by molar-refractivity contribution is 7.92. The van der Waals surface area contributed by atoms with Crippen LogP contribution in [0.2, 0.25) is 5.02 Å². The third-order valence-electron chi connectivity index (χ3n) is 5.13. The lowest BCUT2D eigenvalue weighted by Crippen LogP contribution is -2.51. The highest BCUT2D eigenvalue weighted by atomic mass is 35.5. The number of carbonyl (C=O) groups excluding carboxylic acids is 2. The SMILES string of the molecule is Cc1ccc(CN(C(=O)CN(c2ccccc2Cl)S(C)(=O)=O)[C@@H](C)C(=O)NCC(C)C)cc1. The third kappa shape index (κ3) is 7.75. The lowest BCUT2D eigenvalue weighted by atomic mass is 10.1. The number of hydrogen-bond acceptors (Lipinski definition) is 4. The van der Waals surface area contributed by atoms with Crippen molar-refractivity contribution in [2.75, 3.05) is 23.7 Å². The number of halogens is 1. The van der Waals surface area contributed by atoms with Crippen molar-refractivity contribution in [2.24, 2.45) is 5.92 Å². The van der Waals surface area contributed by atoms with E-state index >= 15 is 0 Å². The minimum atomic E-state index is -3.81. The standard InChI is InChI=1S/C24H32ClN3O4S/c1-17(2)14-26-24(30)19(4)27(15-20-12-10-18(3)11-13-20)23(29)16-28(33(5,31)32)22-9-7-6-8-21(22)25/h6-13,17,19H,14-16H2,1-5H3,(H,26,30)/t19-/m0/s1. The molecule has 0 saturated heterocycles. The van der Waals surface area contributed by atoms with Crippen LogP contribution in [0.3, 0.4) is 0 Å². The molecule has 2 rings (SSSR count). The third-order valence-corrected chi connectivity index (χ3v) is 6.57. The summed E-state index contributed by atoms with van der Waals surface area (Å²) < 4.78 is 26.0. The minimum Gasteiger partial charge on any atom is -0.354 e. The summed E-state index contributed by atoms with van der Waals surface area (Å²) in [5, 5.41) is 3.06. The summed E-state index contributed by atoms with van der Waals surface area (Å²) in [5.41, 5.74) is 2.12. The second-order valence-electron chi connectivity index (χ2n) is 8.54. The van der Waals surface area contributed by atoms with Gasteiger partial charge in [0, 0.05) is 13.1 Å². The van der Waals surface area contributed by atoms with E-state index in [1.807, 2.05) is 45.0 Å². The second-order valence-corrected chi connectivity index (χ2v) is 10.9. The average molecular weight is 494 g/mol. The average Bonchev–Trinajstić information content (AvgIpc) is 2.74. The van der Waals surface area contributed by atoms with Crippen molar-refractivity contribution < 1.29 is 18.0 Å². The second kappa shape index (κ2) is 11.5. The molecule has 2 aromatic rings. The Bertz CT molecular complexity index is 1070. The first-order valence-corrected chi connectivity index (χ1v) is 13.0. The Hall–Kier alpha value is -2.58. The van der Waals surface area contributed by atoms with Gasteiger partial charge in [-0.1, -0.05) is 67.4 Å². The van der Waals surface area contributed by atoms with Crippen LogP contribution in [0.4, 0.5) is 5.69 Å². The highest BCUT2D eigenvalue weighted by Crippen LogP contribution is 2.27. The van der Waals surface area contributed by atoms with E-state index in [9.17, 15) is 18.0 Å². The number of hydrogen-bond donors (Lipinski definition) is 1. The molecule has 0 spiro atoms. The van der Waals surface area contributed by atoms with Gasteiger partial charge in [-0.2, -0.15) is 0 Å². The number of para-hydroxylation sites is 1. The number of amides is 2. The van der Waals surface area contributed by atoms with Crippen LogP contribution in [0.5, 0.6) is 0 Å². The molecule has 7 nitrogen and oxygen atoms in total. The van der Waals surface area contributed by atoms with Crippen LogP contribution in [0.25, 0.3) is 0 Å². The van der Waals surface area contributed by atoms with Crippen LogP contribution in [-0.2, 0) is 26.2 Å². The molecule has 0 radical (unpaired) electrons. The van der Waals surface area contributed by atoms with E-state index in [2.05, 4.69) is 5.32 Å². The van der Waals surface area contributed by atoms with Gasteiger partial charge in [-0.25, -0.2) is 8.42 Å². The zero-order valence-electron chi connectivity index (χ0n) is 19.7. The molecule has 0 aliphatic carbocycles. The number of carbonyl (C=O) groups is 2. The maximum absolute atomic E-state index is 13.4. The molecule has 0 unspecified atom stereocenters. The van der Waals surface area contributed by atoms with E-state index in [0.29, 0.717) is 6.54 Å². The monoisotopic (exact) mass is 493 g/mol. The first-order chi connectivity index (χ1) is 15.4. The zero-order valence-corrected chi connectivity index (χ0v) is 21.3. The van der Waals surface area contributed by atoms with Gasteiger partial charge >= 0.3 is 0 Å². The Kier molecular flexibility index (Phi) is 9.31. The largest absolute Gasteiger partial charge is 0.354 e. The molecule has 0 saturated carbocycles. The molecule has 0 bridgehead atoms. The van der Waals surface area contributed by atoms with Crippen molar-refractivity contribution in [2.45, 2.75) is 40.3 Å². The number of rotatable bonds is 10.